The molecule has 1 saturated carbocycles. The average molecular weight is 333 g/mol. The van der Waals surface area contributed by atoms with Gasteiger partial charge in [0.1, 0.15) is 11.6 Å². The Hall–Kier alpha value is -1.20. The molecule has 6 heteroatoms. The van der Waals surface area contributed by atoms with Crippen LogP contribution in [0.4, 0.5) is 8.78 Å². The molecule has 0 bridgehead atoms. The minimum absolute atomic E-state index is 0. The van der Waals surface area contributed by atoms with Crippen LogP contribution in [-0.4, -0.2) is 30.4 Å². The second-order valence-electron chi connectivity index (χ2n) is 5.51. The van der Waals surface area contributed by atoms with E-state index in [1.165, 1.54) is 18.2 Å². The lowest BCUT2D eigenvalue weighted by Gasteiger charge is -2.29. The van der Waals surface area contributed by atoms with Crippen LogP contribution in [0.1, 0.15) is 37.7 Å². The third-order valence-electron chi connectivity index (χ3n) is 4.06. The fourth-order valence-corrected chi connectivity index (χ4v) is 2.87. The largest absolute Gasteiger partial charge is 0.335 e. The maximum absolute atomic E-state index is 13.8. The Kier molecular flexibility index (Phi) is 7.76. The van der Waals surface area contributed by atoms with Gasteiger partial charge in [-0.2, -0.15) is 0 Å². The van der Waals surface area contributed by atoms with Crippen molar-refractivity contribution < 1.29 is 13.6 Å². The minimum atomic E-state index is -0.584. The molecule has 0 unspecified atom stereocenters. The van der Waals surface area contributed by atoms with Crippen molar-refractivity contribution in [2.24, 2.45) is 0 Å². The molecular formula is C16H23ClF2N2O. The van der Waals surface area contributed by atoms with E-state index in [0.29, 0.717) is 13.0 Å². The summed E-state index contributed by atoms with van der Waals surface area (Å²) >= 11 is 0. The smallest absolute Gasteiger partial charge is 0.224 e. The van der Waals surface area contributed by atoms with E-state index in [1.54, 1.807) is 11.9 Å². The summed E-state index contributed by atoms with van der Waals surface area (Å²) in [6.45, 7) is 0.591. The molecule has 0 aliphatic heterocycles. The van der Waals surface area contributed by atoms with Gasteiger partial charge in [0.15, 0.2) is 0 Å². The number of nitrogens with zero attached hydrogens (tertiary/aromatic N) is 1. The normalized spacial score (nSPS) is 14.7. The van der Waals surface area contributed by atoms with Gasteiger partial charge >= 0.3 is 0 Å². The summed E-state index contributed by atoms with van der Waals surface area (Å²) in [4.78, 5) is 14.0. The van der Waals surface area contributed by atoms with E-state index in [9.17, 15) is 13.6 Å². The molecule has 1 N–H and O–H groups in total. The van der Waals surface area contributed by atoms with Crippen molar-refractivity contribution in [3.05, 3.63) is 35.4 Å². The zero-order valence-corrected chi connectivity index (χ0v) is 13.6. The van der Waals surface area contributed by atoms with Crippen LogP contribution in [0, 0.1) is 11.6 Å². The van der Waals surface area contributed by atoms with Gasteiger partial charge in [-0.05, 0) is 32.0 Å². The van der Waals surface area contributed by atoms with Crippen molar-refractivity contribution in [1.29, 1.82) is 0 Å². The number of hydrogen-bond acceptors (Lipinski definition) is 2. The fraction of sp³-hybridized carbons (Fsp3) is 0.562. The van der Waals surface area contributed by atoms with Crippen molar-refractivity contribution >= 4 is 18.3 Å². The molecule has 0 radical (unpaired) electrons. The topological polar surface area (TPSA) is 32.3 Å². The van der Waals surface area contributed by atoms with E-state index < -0.39 is 11.6 Å². The van der Waals surface area contributed by atoms with Gasteiger partial charge in [0.05, 0.1) is 6.54 Å². The second-order valence-corrected chi connectivity index (χ2v) is 5.51. The summed E-state index contributed by atoms with van der Waals surface area (Å²) < 4.78 is 27.6. The molecule has 1 amide bonds. The maximum Gasteiger partial charge on any atom is 0.224 e. The number of rotatable bonds is 6. The van der Waals surface area contributed by atoms with Crippen LogP contribution in [0.15, 0.2) is 18.2 Å². The zero-order valence-electron chi connectivity index (χ0n) is 12.8. The number of carbonyl (C=O) groups excluding carboxylic acids is 1. The monoisotopic (exact) mass is 332 g/mol. The molecular weight excluding hydrogens is 310 g/mol. The summed E-state index contributed by atoms with van der Waals surface area (Å²) in [6, 6.07) is 3.93. The van der Waals surface area contributed by atoms with Gasteiger partial charge < -0.3 is 10.2 Å². The van der Waals surface area contributed by atoms with Crippen LogP contribution in [-0.2, 0) is 11.3 Å². The highest BCUT2D eigenvalue weighted by molar-refractivity contribution is 5.85. The van der Waals surface area contributed by atoms with E-state index in [0.717, 1.165) is 25.7 Å². The van der Waals surface area contributed by atoms with Gasteiger partial charge in [-0.1, -0.05) is 18.9 Å². The first-order valence-electron chi connectivity index (χ1n) is 7.50. The lowest BCUT2D eigenvalue weighted by atomic mass is 10.1. The fourth-order valence-electron chi connectivity index (χ4n) is 2.87. The van der Waals surface area contributed by atoms with Crippen molar-refractivity contribution in [3.63, 3.8) is 0 Å². The van der Waals surface area contributed by atoms with E-state index >= 15 is 0 Å². The van der Waals surface area contributed by atoms with Crippen LogP contribution in [0.3, 0.4) is 0 Å². The van der Waals surface area contributed by atoms with E-state index in [1.807, 2.05) is 0 Å². The lowest BCUT2D eigenvalue weighted by molar-refractivity contribution is -0.134. The molecule has 1 aromatic rings. The average Bonchev–Trinajstić information content (AvgIpc) is 2.98. The van der Waals surface area contributed by atoms with Crippen molar-refractivity contribution in [2.75, 3.05) is 13.6 Å². The lowest BCUT2D eigenvalue weighted by Crippen LogP contribution is -2.39. The molecule has 1 aromatic carbocycles. The Morgan fingerprint density at radius 3 is 2.41 bits per heavy atom. The van der Waals surface area contributed by atoms with Crippen molar-refractivity contribution in [2.45, 2.75) is 44.7 Å². The van der Waals surface area contributed by atoms with Gasteiger partial charge in [-0.3, -0.25) is 4.79 Å². The SMILES string of the molecule is CNCCC(=O)N(Cc1c(F)cccc1F)C1CCCC1.Cl. The number of amides is 1. The first-order valence-corrected chi connectivity index (χ1v) is 7.50. The number of halogens is 3. The molecule has 1 aliphatic rings. The Bertz CT molecular complexity index is 473. The van der Waals surface area contributed by atoms with Gasteiger partial charge in [0.25, 0.3) is 0 Å². The highest BCUT2D eigenvalue weighted by Crippen LogP contribution is 2.26. The summed E-state index contributed by atoms with van der Waals surface area (Å²) in [6.07, 6.45) is 4.33. The molecule has 3 nitrogen and oxygen atoms in total. The second kappa shape index (κ2) is 9.06. The Labute approximate surface area is 136 Å². The number of carbonyl (C=O) groups is 1. The number of benzene rings is 1. The zero-order chi connectivity index (χ0) is 15.2. The molecule has 124 valence electrons. The number of nitrogens with one attached hydrogen (secondary N) is 1. The summed E-state index contributed by atoms with van der Waals surface area (Å²) in [5, 5.41) is 2.94. The highest BCUT2D eigenvalue weighted by atomic mass is 35.5. The quantitative estimate of drug-likeness (QED) is 0.867. The molecule has 1 fully saturated rings. The Morgan fingerprint density at radius 1 is 1.27 bits per heavy atom. The Morgan fingerprint density at radius 2 is 1.86 bits per heavy atom. The maximum atomic E-state index is 13.8. The van der Waals surface area contributed by atoms with Gasteiger partial charge in [-0.15, -0.1) is 12.4 Å². The third-order valence-corrected chi connectivity index (χ3v) is 4.06. The van der Waals surface area contributed by atoms with Crippen molar-refractivity contribution in [1.82, 2.24) is 10.2 Å². The predicted molar refractivity (Wildman–Crippen MR) is 85.0 cm³/mol. The highest BCUT2D eigenvalue weighted by Gasteiger charge is 2.27. The minimum Gasteiger partial charge on any atom is -0.335 e. The Balaban J connectivity index is 0.00000242. The molecule has 2 rings (SSSR count). The first-order chi connectivity index (χ1) is 10.1. The van der Waals surface area contributed by atoms with Crippen LogP contribution in [0.5, 0.6) is 0 Å². The molecule has 0 saturated heterocycles. The van der Waals surface area contributed by atoms with Gasteiger partial charge in [0.2, 0.25) is 5.91 Å². The van der Waals surface area contributed by atoms with Gasteiger partial charge in [-0.25, -0.2) is 8.78 Å². The predicted octanol–water partition coefficient (Wildman–Crippen LogP) is 3.27. The van der Waals surface area contributed by atoms with Gasteiger partial charge in [0, 0.05) is 24.6 Å². The van der Waals surface area contributed by atoms with Crippen molar-refractivity contribution in [3.8, 4) is 0 Å². The molecule has 1 aliphatic carbocycles. The standard InChI is InChI=1S/C16H22F2N2O.ClH/c1-19-10-9-16(21)20(12-5-2-3-6-12)11-13-14(17)7-4-8-15(13)18;/h4,7-8,12,19H,2-3,5-6,9-11H2,1H3;1H. The van der Waals surface area contributed by atoms with Crippen LogP contribution < -0.4 is 5.32 Å². The molecule has 0 heterocycles. The molecule has 0 spiro atoms. The summed E-state index contributed by atoms with van der Waals surface area (Å²) in [5.74, 6) is -1.21. The number of hydrogen-bond donors (Lipinski definition) is 1. The summed E-state index contributed by atoms with van der Waals surface area (Å²) in [7, 11) is 1.78. The van der Waals surface area contributed by atoms with E-state index in [-0.39, 0.29) is 36.5 Å². The molecule has 22 heavy (non-hydrogen) atoms. The summed E-state index contributed by atoms with van der Waals surface area (Å²) in [5.41, 5.74) is -0.0118. The van der Waals surface area contributed by atoms with E-state index in [4.69, 9.17) is 0 Å². The van der Waals surface area contributed by atoms with Crippen LogP contribution in [0.2, 0.25) is 0 Å². The third kappa shape index (κ3) is 4.65. The van der Waals surface area contributed by atoms with Crippen LogP contribution in [0.25, 0.3) is 0 Å². The van der Waals surface area contributed by atoms with E-state index in [2.05, 4.69) is 5.32 Å². The molecule has 0 atom stereocenters. The molecule has 0 aromatic heterocycles. The first kappa shape index (κ1) is 18.8. The van der Waals surface area contributed by atoms with Crippen LogP contribution >= 0.6 is 12.4 Å².